The Balaban J connectivity index is 1.55. The molecule has 0 aliphatic carbocycles. The lowest BCUT2D eigenvalue weighted by molar-refractivity contribution is 0.308. The molecule has 0 unspecified atom stereocenters. The maximum atomic E-state index is 14.7. The van der Waals surface area contributed by atoms with E-state index in [1.165, 1.54) is 28.8 Å². The van der Waals surface area contributed by atoms with Gasteiger partial charge in [0, 0.05) is 35.4 Å². The second-order valence-electron chi connectivity index (χ2n) is 8.57. The van der Waals surface area contributed by atoms with Gasteiger partial charge < -0.3 is 0 Å². The van der Waals surface area contributed by atoms with Crippen LogP contribution in [0, 0.1) is 12.7 Å². The second-order valence-corrected chi connectivity index (χ2v) is 10.2. The third-order valence-corrected chi connectivity index (χ3v) is 7.16. The Morgan fingerprint density at radius 3 is 2.34 bits per heavy atom. The van der Waals surface area contributed by atoms with Crippen molar-refractivity contribution in [3.8, 4) is 28.2 Å². The van der Waals surface area contributed by atoms with Crippen molar-refractivity contribution in [2.45, 2.75) is 18.4 Å². The predicted molar refractivity (Wildman–Crippen MR) is 142 cm³/mol. The number of hydrogen-bond donors (Lipinski definition) is 0. The molecule has 2 heterocycles. The highest BCUT2D eigenvalue weighted by molar-refractivity contribution is 7.86. The summed E-state index contributed by atoms with van der Waals surface area (Å²) in [6, 6.07) is 22.4. The first kappa shape index (κ1) is 25.2. The highest BCUT2D eigenvalue weighted by atomic mass is 32.2. The van der Waals surface area contributed by atoms with E-state index in [0.717, 1.165) is 5.56 Å². The number of aromatic nitrogens is 3. The molecule has 0 radical (unpaired) electrons. The van der Waals surface area contributed by atoms with Crippen LogP contribution in [-0.4, -0.2) is 23.0 Å². The Kier molecular flexibility index (Phi) is 6.95. The molecule has 0 saturated carbocycles. The van der Waals surface area contributed by atoms with E-state index in [4.69, 9.17) is 4.18 Å². The van der Waals surface area contributed by atoms with E-state index in [9.17, 15) is 17.6 Å². The summed E-state index contributed by atoms with van der Waals surface area (Å²) in [7, 11) is -3.98. The second kappa shape index (κ2) is 10.5. The van der Waals surface area contributed by atoms with E-state index in [-0.39, 0.29) is 22.6 Å². The monoisotopic (exact) mass is 527 g/mol. The minimum Gasteiger partial charge on any atom is -0.283 e. The van der Waals surface area contributed by atoms with E-state index in [0.29, 0.717) is 22.6 Å². The van der Waals surface area contributed by atoms with Crippen LogP contribution < -0.4 is 5.56 Å². The summed E-state index contributed by atoms with van der Waals surface area (Å²) in [5, 5.41) is 0. The van der Waals surface area contributed by atoms with Crippen molar-refractivity contribution >= 4 is 10.1 Å². The Hall–Kier alpha value is -4.47. The molecule has 0 N–H and O–H groups in total. The van der Waals surface area contributed by atoms with Crippen LogP contribution in [0.4, 0.5) is 4.39 Å². The molecule has 3 aromatic carbocycles. The van der Waals surface area contributed by atoms with Gasteiger partial charge in [0.05, 0.1) is 17.1 Å². The van der Waals surface area contributed by atoms with Crippen molar-refractivity contribution in [1.29, 1.82) is 0 Å². The molecule has 0 saturated heterocycles. The number of rotatable bonds is 7. The number of hydrogen-bond acceptors (Lipinski definition) is 6. The number of benzene rings is 3. The molecule has 190 valence electrons. The Labute approximate surface area is 219 Å². The third kappa shape index (κ3) is 5.29. The lowest BCUT2D eigenvalue weighted by atomic mass is 10.0. The Bertz CT molecular complexity index is 1770. The summed E-state index contributed by atoms with van der Waals surface area (Å²) in [6.45, 7) is 1.63. The Morgan fingerprint density at radius 2 is 1.61 bits per heavy atom. The van der Waals surface area contributed by atoms with Crippen LogP contribution in [0.5, 0.6) is 0 Å². The molecule has 0 atom stereocenters. The topological polar surface area (TPSA) is 91.2 Å². The predicted octanol–water partition coefficient (Wildman–Crippen LogP) is 5.31. The minimum atomic E-state index is -3.98. The highest BCUT2D eigenvalue weighted by Crippen LogP contribution is 2.25. The smallest absolute Gasteiger partial charge is 0.283 e. The molecule has 0 aliphatic heterocycles. The quantitative estimate of drug-likeness (QED) is 0.266. The fourth-order valence-corrected chi connectivity index (χ4v) is 4.83. The summed E-state index contributed by atoms with van der Waals surface area (Å²) in [4.78, 5) is 22.2. The van der Waals surface area contributed by atoms with Crippen LogP contribution in [0.15, 0.2) is 113 Å². The zero-order chi connectivity index (χ0) is 26.7. The van der Waals surface area contributed by atoms with E-state index < -0.39 is 21.5 Å². The highest BCUT2D eigenvalue weighted by Gasteiger charge is 2.17. The van der Waals surface area contributed by atoms with Gasteiger partial charge >= 0.3 is 0 Å². The first-order valence-corrected chi connectivity index (χ1v) is 13.1. The number of aryl methyl sites for hydroxylation is 1. The zero-order valence-electron chi connectivity index (χ0n) is 20.3. The van der Waals surface area contributed by atoms with Crippen molar-refractivity contribution < 1.29 is 17.0 Å². The fraction of sp³-hybridized carbons (Fsp3) is 0.0690. The summed E-state index contributed by atoms with van der Waals surface area (Å²) >= 11 is 0. The molecule has 0 fully saturated rings. The molecular weight excluding hydrogens is 505 g/mol. The first-order valence-electron chi connectivity index (χ1n) is 11.7. The van der Waals surface area contributed by atoms with Crippen molar-refractivity contribution in [2.24, 2.45) is 0 Å². The van der Waals surface area contributed by atoms with Gasteiger partial charge in [-0.3, -0.25) is 13.5 Å². The van der Waals surface area contributed by atoms with Crippen molar-refractivity contribution in [3.63, 3.8) is 0 Å². The SMILES string of the molecule is Cc1ccc(S(=O)(=O)OCc2cccc(-n3cc(-c4ncccn4)cc(-c4ccccc4F)c3=O)c2)cc1. The first-order chi connectivity index (χ1) is 18.3. The maximum absolute atomic E-state index is 14.7. The van der Waals surface area contributed by atoms with Gasteiger partial charge in [0.2, 0.25) is 0 Å². The molecule has 0 spiro atoms. The molecule has 5 aromatic rings. The average molecular weight is 528 g/mol. The molecule has 5 rings (SSSR count). The van der Waals surface area contributed by atoms with E-state index in [2.05, 4.69) is 9.97 Å². The van der Waals surface area contributed by atoms with Gasteiger partial charge in [-0.2, -0.15) is 8.42 Å². The normalized spacial score (nSPS) is 11.4. The minimum absolute atomic E-state index is 0.0561. The zero-order valence-corrected chi connectivity index (χ0v) is 21.1. The third-order valence-electron chi connectivity index (χ3n) is 5.88. The van der Waals surface area contributed by atoms with Crippen LogP contribution in [-0.2, 0) is 20.9 Å². The summed E-state index contributed by atoms with van der Waals surface area (Å²) in [6.07, 6.45) is 4.73. The number of pyridine rings is 1. The van der Waals surface area contributed by atoms with Crippen LogP contribution in [0.3, 0.4) is 0 Å². The largest absolute Gasteiger partial charge is 0.297 e. The number of nitrogens with zero attached hydrogens (tertiary/aromatic N) is 3. The van der Waals surface area contributed by atoms with Gasteiger partial charge in [0.15, 0.2) is 5.82 Å². The van der Waals surface area contributed by atoms with Crippen molar-refractivity contribution in [3.05, 3.63) is 131 Å². The molecule has 38 heavy (non-hydrogen) atoms. The molecule has 0 amide bonds. The fourth-order valence-electron chi connectivity index (χ4n) is 3.93. The molecule has 7 nitrogen and oxygen atoms in total. The summed E-state index contributed by atoms with van der Waals surface area (Å²) in [5.74, 6) is -0.173. The molecule has 9 heteroatoms. The van der Waals surface area contributed by atoms with Crippen molar-refractivity contribution in [2.75, 3.05) is 0 Å². The lowest BCUT2D eigenvalue weighted by Gasteiger charge is -2.13. The van der Waals surface area contributed by atoms with Gasteiger partial charge in [-0.25, -0.2) is 14.4 Å². The molecule has 0 aliphatic rings. The molecule has 2 aromatic heterocycles. The van der Waals surface area contributed by atoms with E-state index in [1.807, 2.05) is 6.92 Å². The van der Waals surface area contributed by atoms with Gasteiger partial charge in [0.25, 0.3) is 15.7 Å². The van der Waals surface area contributed by atoms with Crippen LogP contribution in [0.2, 0.25) is 0 Å². The van der Waals surface area contributed by atoms with Gasteiger partial charge in [-0.15, -0.1) is 0 Å². The van der Waals surface area contributed by atoms with Gasteiger partial charge in [0.1, 0.15) is 5.82 Å². The van der Waals surface area contributed by atoms with E-state index >= 15 is 0 Å². The van der Waals surface area contributed by atoms with Crippen LogP contribution >= 0.6 is 0 Å². The summed E-state index contributed by atoms with van der Waals surface area (Å²) in [5.41, 5.74) is 2.23. The molecule has 0 bridgehead atoms. The van der Waals surface area contributed by atoms with Crippen molar-refractivity contribution in [1.82, 2.24) is 14.5 Å². The van der Waals surface area contributed by atoms with Gasteiger partial charge in [-0.1, -0.05) is 48.0 Å². The Morgan fingerprint density at radius 1 is 0.868 bits per heavy atom. The van der Waals surface area contributed by atoms with Crippen LogP contribution in [0.25, 0.3) is 28.2 Å². The standard InChI is InChI=1S/C29H22FN3O4S/c1-20-10-12-24(13-11-20)38(35,36)37-19-21-6-4-7-23(16-21)33-18-22(28-31-14-5-15-32-28)17-26(29(33)34)25-8-2-3-9-27(25)30/h2-18H,19H2,1H3. The van der Waals surface area contributed by atoms with E-state index in [1.54, 1.807) is 79.3 Å². The lowest BCUT2D eigenvalue weighted by Crippen LogP contribution is -2.20. The summed E-state index contributed by atoms with van der Waals surface area (Å²) < 4.78 is 46.6. The maximum Gasteiger partial charge on any atom is 0.297 e. The average Bonchev–Trinajstić information content (AvgIpc) is 2.93. The molecular formula is C29H22FN3O4S. The van der Waals surface area contributed by atoms with Gasteiger partial charge in [-0.05, 0) is 55.0 Å². The van der Waals surface area contributed by atoms with Crippen LogP contribution in [0.1, 0.15) is 11.1 Å². The number of halogens is 1.